The summed E-state index contributed by atoms with van der Waals surface area (Å²) in [7, 11) is 2.56. The monoisotopic (exact) mass is 256 g/mol. The molecule has 6 heteroatoms. The molecular formula is C12H16O6. The highest BCUT2D eigenvalue weighted by Gasteiger charge is 2.25. The van der Waals surface area contributed by atoms with E-state index in [0.717, 1.165) is 0 Å². The Bertz CT molecular complexity index is 417. The number of aliphatic hydroxyl groups excluding tert-OH is 2. The number of hydrogen-bond acceptors (Lipinski definition) is 6. The van der Waals surface area contributed by atoms with Crippen LogP contribution in [0.2, 0.25) is 0 Å². The van der Waals surface area contributed by atoms with Crippen molar-refractivity contribution in [1.82, 2.24) is 0 Å². The summed E-state index contributed by atoms with van der Waals surface area (Å²) in [5.74, 6) is -0.739. The third-order valence-corrected chi connectivity index (χ3v) is 2.54. The molecule has 100 valence electrons. The number of rotatable bonds is 5. The van der Waals surface area contributed by atoms with Crippen molar-refractivity contribution in [2.24, 2.45) is 0 Å². The molecule has 0 amide bonds. The van der Waals surface area contributed by atoms with Crippen LogP contribution in [-0.4, -0.2) is 41.6 Å². The SMILES string of the molecule is COC(=O)CC(O)C(O)c1cccc(OC)c1O. The lowest BCUT2D eigenvalue weighted by molar-refractivity contribution is -0.144. The number of phenolic OH excluding ortho intramolecular Hbond substituents is 1. The Balaban J connectivity index is 2.89. The van der Waals surface area contributed by atoms with Crippen molar-refractivity contribution in [2.75, 3.05) is 14.2 Å². The molecule has 0 saturated carbocycles. The summed E-state index contributed by atoms with van der Waals surface area (Å²) in [6.45, 7) is 0. The van der Waals surface area contributed by atoms with Crippen LogP contribution < -0.4 is 4.74 Å². The lowest BCUT2D eigenvalue weighted by atomic mass is 10.0. The first kappa shape index (κ1) is 14.3. The molecule has 2 atom stereocenters. The molecule has 1 aromatic carbocycles. The summed E-state index contributed by atoms with van der Waals surface area (Å²) in [6, 6.07) is 4.50. The second-order valence-corrected chi connectivity index (χ2v) is 3.69. The number of hydrogen-bond donors (Lipinski definition) is 3. The van der Waals surface area contributed by atoms with Crippen LogP contribution in [0.5, 0.6) is 11.5 Å². The van der Waals surface area contributed by atoms with Crippen LogP contribution in [0.4, 0.5) is 0 Å². The minimum atomic E-state index is -1.40. The molecule has 3 N–H and O–H groups in total. The van der Waals surface area contributed by atoms with Gasteiger partial charge < -0.3 is 24.8 Å². The zero-order valence-corrected chi connectivity index (χ0v) is 10.2. The second-order valence-electron chi connectivity index (χ2n) is 3.69. The number of benzene rings is 1. The highest BCUT2D eigenvalue weighted by molar-refractivity contribution is 5.69. The van der Waals surface area contributed by atoms with Gasteiger partial charge in [-0.25, -0.2) is 0 Å². The van der Waals surface area contributed by atoms with Gasteiger partial charge in [0.1, 0.15) is 6.10 Å². The normalized spacial score (nSPS) is 13.8. The van der Waals surface area contributed by atoms with Crippen LogP contribution in [0, 0.1) is 0 Å². The maximum Gasteiger partial charge on any atom is 0.308 e. The first-order valence-electron chi connectivity index (χ1n) is 5.30. The van der Waals surface area contributed by atoms with Crippen molar-refractivity contribution in [3.05, 3.63) is 23.8 Å². The quantitative estimate of drug-likeness (QED) is 0.658. The van der Waals surface area contributed by atoms with Gasteiger partial charge >= 0.3 is 5.97 Å². The number of para-hydroxylation sites is 1. The van der Waals surface area contributed by atoms with Gasteiger partial charge in [0.2, 0.25) is 0 Å². The topological polar surface area (TPSA) is 96.2 Å². The van der Waals surface area contributed by atoms with Gasteiger partial charge in [-0.05, 0) is 6.07 Å². The molecule has 0 aliphatic rings. The highest BCUT2D eigenvalue weighted by Crippen LogP contribution is 2.35. The Kier molecular flexibility index (Phi) is 4.94. The number of methoxy groups -OCH3 is 2. The van der Waals surface area contributed by atoms with Crippen molar-refractivity contribution >= 4 is 5.97 Å². The van der Waals surface area contributed by atoms with Crippen LogP contribution in [-0.2, 0) is 9.53 Å². The van der Waals surface area contributed by atoms with E-state index in [4.69, 9.17) is 4.74 Å². The predicted octanol–water partition coefficient (Wildman–Crippen LogP) is 0.358. The largest absolute Gasteiger partial charge is 0.504 e. The number of ether oxygens (including phenoxy) is 2. The van der Waals surface area contributed by atoms with Crippen LogP contribution in [0.3, 0.4) is 0 Å². The molecule has 18 heavy (non-hydrogen) atoms. The van der Waals surface area contributed by atoms with E-state index in [2.05, 4.69) is 4.74 Å². The van der Waals surface area contributed by atoms with Crippen LogP contribution in [0.15, 0.2) is 18.2 Å². The second kappa shape index (κ2) is 6.23. The fourth-order valence-electron chi connectivity index (χ4n) is 1.52. The van der Waals surface area contributed by atoms with E-state index in [1.807, 2.05) is 0 Å². The van der Waals surface area contributed by atoms with Gasteiger partial charge in [0.15, 0.2) is 11.5 Å². The van der Waals surface area contributed by atoms with Gasteiger partial charge in [-0.1, -0.05) is 12.1 Å². The molecular weight excluding hydrogens is 240 g/mol. The minimum absolute atomic E-state index is 0.0887. The zero-order valence-electron chi connectivity index (χ0n) is 10.2. The van der Waals surface area contributed by atoms with Crippen LogP contribution in [0.1, 0.15) is 18.1 Å². The summed E-state index contributed by atoms with van der Waals surface area (Å²) < 4.78 is 9.27. The molecule has 1 rings (SSSR count). The number of carbonyl (C=O) groups excluding carboxylic acids is 1. The van der Waals surface area contributed by atoms with Crippen LogP contribution in [0.25, 0.3) is 0 Å². The molecule has 0 aromatic heterocycles. The van der Waals surface area contributed by atoms with Gasteiger partial charge in [0, 0.05) is 5.56 Å². The van der Waals surface area contributed by atoms with Gasteiger partial charge in [-0.2, -0.15) is 0 Å². The predicted molar refractivity (Wildman–Crippen MR) is 62.3 cm³/mol. The molecule has 1 aromatic rings. The number of phenols is 1. The molecule has 2 unspecified atom stereocenters. The minimum Gasteiger partial charge on any atom is -0.504 e. The molecule has 0 saturated heterocycles. The third kappa shape index (κ3) is 3.12. The standard InChI is InChI=1S/C12H16O6/c1-17-9-5-3-4-7(12(9)16)11(15)8(13)6-10(14)18-2/h3-5,8,11,13,15-16H,6H2,1-2H3. The van der Waals surface area contributed by atoms with E-state index in [9.17, 15) is 20.1 Å². The summed E-state index contributed by atoms with van der Waals surface area (Å²) >= 11 is 0. The molecule has 6 nitrogen and oxygen atoms in total. The van der Waals surface area contributed by atoms with E-state index in [0.29, 0.717) is 0 Å². The first-order valence-corrected chi connectivity index (χ1v) is 5.30. The third-order valence-electron chi connectivity index (χ3n) is 2.54. The summed E-state index contributed by atoms with van der Waals surface area (Å²) in [4.78, 5) is 11.0. The van der Waals surface area contributed by atoms with Crippen LogP contribution >= 0.6 is 0 Å². The highest BCUT2D eigenvalue weighted by atomic mass is 16.5. The van der Waals surface area contributed by atoms with E-state index in [1.165, 1.54) is 26.4 Å². The Morgan fingerprint density at radius 2 is 2.00 bits per heavy atom. The van der Waals surface area contributed by atoms with E-state index >= 15 is 0 Å². The van der Waals surface area contributed by atoms with E-state index < -0.39 is 18.2 Å². The lowest BCUT2D eigenvalue weighted by Crippen LogP contribution is -2.22. The maximum atomic E-state index is 11.0. The lowest BCUT2D eigenvalue weighted by Gasteiger charge is -2.19. The van der Waals surface area contributed by atoms with Crippen molar-refractivity contribution < 1.29 is 29.6 Å². The Labute approximate surface area is 104 Å². The zero-order chi connectivity index (χ0) is 13.7. The molecule has 0 heterocycles. The fourth-order valence-corrected chi connectivity index (χ4v) is 1.52. The molecule has 0 aliphatic heterocycles. The maximum absolute atomic E-state index is 11.0. The van der Waals surface area contributed by atoms with E-state index in [1.54, 1.807) is 6.07 Å². The molecule has 0 bridgehead atoms. The number of aliphatic hydroxyl groups is 2. The summed E-state index contributed by atoms with van der Waals surface area (Å²) in [5.41, 5.74) is 0.0887. The number of carbonyl (C=O) groups is 1. The molecule has 0 spiro atoms. The Morgan fingerprint density at radius 3 is 2.56 bits per heavy atom. The van der Waals surface area contributed by atoms with E-state index in [-0.39, 0.29) is 23.5 Å². The Hall–Kier alpha value is -1.79. The Morgan fingerprint density at radius 1 is 1.33 bits per heavy atom. The summed E-state index contributed by atoms with van der Waals surface area (Å²) in [6.07, 6.45) is -3.14. The summed E-state index contributed by atoms with van der Waals surface area (Å²) in [5, 5.41) is 29.3. The van der Waals surface area contributed by atoms with Crippen molar-refractivity contribution in [1.29, 1.82) is 0 Å². The molecule has 0 fully saturated rings. The average Bonchev–Trinajstić information content (AvgIpc) is 2.38. The van der Waals surface area contributed by atoms with Gasteiger partial charge in [0.05, 0.1) is 26.7 Å². The number of esters is 1. The first-order chi connectivity index (χ1) is 8.51. The van der Waals surface area contributed by atoms with Gasteiger partial charge in [-0.15, -0.1) is 0 Å². The van der Waals surface area contributed by atoms with Crippen molar-refractivity contribution in [3.63, 3.8) is 0 Å². The van der Waals surface area contributed by atoms with Gasteiger partial charge in [-0.3, -0.25) is 4.79 Å². The van der Waals surface area contributed by atoms with Crippen molar-refractivity contribution in [2.45, 2.75) is 18.6 Å². The fraction of sp³-hybridized carbons (Fsp3) is 0.417. The van der Waals surface area contributed by atoms with Crippen molar-refractivity contribution in [3.8, 4) is 11.5 Å². The molecule has 0 aliphatic carbocycles. The molecule has 0 radical (unpaired) electrons. The average molecular weight is 256 g/mol. The number of aromatic hydroxyl groups is 1. The van der Waals surface area contributed by atoms with Gasteiger partial charge in [0.25, 0.3) is 0 Å². The smallest absolute Gasteiger partial charge is 0.308 e.